The van der Waals surface area contributed by atoms with Gasteiger partial charge in [0.15, 0.2) is 0 Å². The zero-order valence-electron chi connectivity index (χ0n) is 22.6. The molecule has 0 saturated heterocycles. The molecule has 0 atom stereocenters. The van der Waals surface area contributed by atoms with Gasteiger partial charge in [0.1, 0.15) is 29.7 Å². The van der Waals surface area contributed by atoms with Gasteiger partial charge in [-0.15, -0.1) is 0 Å². The normalized spacial score (nSPS) is 13.6. The van der Waals surface area contributed by atoms with Crippen molar-refractivity contribution in [2.75, 3.05) is 12.4 Å². The summed E-state index contributed by atoms with van der Waals surface area (Å²) in [4.78, 5) is 12.4. The van der Waals surface area contributed by atoms with Crippen LogP contribution >= 0.6 is 0 Å². The topological polar surface area (TPSA) is 69.9 Å². The van der Waals surface area contributed by atoms with Crippen LogP contribution in [0.25, 0.3) is 16.7 Å². The number of hydrogen-bond acceptors (Lipinski definition) is 6. The van der Waals surface area contributed by atoms with E-state index in [4.69, 9.17) is 18.6 Å². The van der Waals surface area contributed by atoms with E-state index in [-0.39, 0.29) is 23.7 Å². The molecule has 5 rings (SSSR count). The molecule has 0 aliphatic carbocycles. The van der Waals surface area contributed by atoms with Gasteiger partial charge in [0.05, 0.1) is 18.9 Å². The molecule has 0 amide bonds. The molecule has 39 heavy (non-hydrogen) atoms. The van der Waals surface area contributed by atoms with Crippen molar-refractivity contribution in [1.29, 1.82) is 0 Å². The van der Waals surface area contributed by atoms with Gasteiger partial charge in [-0.2, -0.15) is 0 Å². The van der Waals surface area contributed by atoms with Crippen molar-refractivity contribution >= 4 is 17.2 Å². The third-order valence-corrected chi connectivity index (χ3v) is 6.66. The zero-order chi connectivity index (χ0) is 27.7. The average molecular weight is 528 g/mol. The number of anilines is 1. The summed E-state index contributed by atoms with van der Waals surface area (Å²) in [6, 6.07) is 17.0. The van der Waals surface area contributed by atoms with E-state index >= 15 is 0 Å². The monoisotopic (exact) mass is 527 g/mol. The van der Waals surface area contributed by atoms with Crippen molar-refractivity contribution in [1.82, 2.24) is 0 Å². The second-order valence-corrected chi connectivity index (χ2v) is 10.1. The summed E-state index contributed by atoms with van der Waals surface area (Å²) in [7, 11) is 1.57. The fourth-order valence-corrected chi connectivity index (χ4v) is 4.99. The van der Waals surface area contributed by atoms with Crippen molar-refractivity contribution in [3.63, 3.8) is 0 Å². The van der Waals surface area contributed by atoms with Gasteiger partial charge in [-0.25, -0.2) is 9.18 Å². The van der Waals surface area contributed by atoms with E-state index in [1.165, 1.54) is 18.4 Å². The first-order valence-corrected chi connectivity index (χ1v) is 12.6. The highest BCUT2D eigenvalue weighted by atomic mass is 19.1. The van der Waals surface area contributed by atoms with Gasteiger partial charge in [0, 0.05) is 34.5 Å². The highest BCUT2D eigenvalue weighted by molar-refractivity contribution is 5.90. The number of aryl methyl sites for hydroxylation is 1. The van der Waals surface area contributed by atoms with E-state index in [2.05, 4.69) is 32.2 Å². The molecule has 0 bridgehead atoms. The number of carbonyl (C=O) groups excluding carboxylic acids is 1. The first-order chi connectivity index (χ1) is 18.6. The number of esters is 1. The molecule has 1 aliphatic heterocycles. The Labute approximate surface area is 227 Å². The molecule has 0 fully saturated rings. The molecule has 0 radical (unpaired) electrons. The van der Waals surface area contributed by atoms with E-state index < -0.39 is 5.97 Å². The summed E-state index contributed by atoms with van der Waals surface area (Å²) in [5, 5.41) is 3.59. The van der Waals surface area contributed by atoms with Crippen molar-refractivity contribution in [2.45, 2.75) is 39.8 Å². The molecule has 0 spiro atoms. The van der Waals surface area contributed by atoms with Gasteiger partial charge in [-0.3, -0.25) is 0 Å². The predicted molar refractivity (Wildman–Crippen MR) is 149 cm³/mol. The number of ether oxygens (including phenoxy) is 3. The number of furan rings is 1. The summed E-state index contributed by atoms with van der Waals surface area (Å²) in [6.07, 6.45) is 3.60. The van der Waals surface area contributed by atoms with Crippen LogP contribution in [0.5, 0.6) is 17.2 Å². The highest BCUT2D eigenvalue weighted by Gasteiger charge is 2.27. The molecule has 6 nitrogen and oxygen atoms in total. The Balaban J connectivity index is 1.57. The number of allylic oxidation sites excluding steroid dienone is 1. The van der Waals surface area contributed by atoms with E-state index in [0.29, 0.717) is 17.2 Å². The van der Waals surface area contributed by atoms with Gasteiger partial charge in [0.25, 0.3) is 0 Å². The zero-order valence-corrected chi connectivity index (χ0v) is 22.6. The molecule has 2 heterocycles. The maximum atomic E-state index is 14.0. The molecule has 3 aromatic carbocycles. The molecule has 4 aromatic rings. The SMILES string of the molecule is COc1cc(OC(=O)c2ccco2)ccc1-c1ccc2c(c1COc1cc(F)ccc1C)C(C)=CC(C)(C)N2. The minimum absolute atomic E-state index is 0.109. The third-order valence-electron chi connectivity index (χ3n) is 6.66. The van der Waals surface area contributed by atoms with E-state index in [9.17, 15) is 9.18 Å². The molecule has 7 heteroatoms. The Hall–Kier alpha value is -4.52. The van der Waals surface area contributed by atoms with E-state index in [1.807, 2.05) is 25.1 Å². The van der Waals surface area contributed by atoms with Crippen LogP contribution in [0.4, 0.5) is 10.1 Å². The van der Waals surface area contributed by atoms with E-state index in [1.54, 1.807) is 37.4 Å². The quantitative estimate of drug-likeness (QED) is 0.195. The Kier molecular flexibility index (Phi) is 6.91. The Bertz CT molecular complexity index is 1570. The summed E-state index contributed by atoms with van der Waals surface area (Å²) in [5.74, 6) is 0.481. The lowest BCUT2D eigenvalue weighted by atomic mass is 9.85. The van der Waals surface area contributed by atoms with Crippen LogP contribution in [0.1, 0.15) is 48.0 Å². The maximum absolute atomic E-state index is 14.0. The van der Waals surface area contributed by atoms with Crippen LogP contribution in [0.15, 0.2) is 77.4 Å². The molecule has 1 aliphatic rings. The number of halogens is 1. The molecule has 1 aromatic heterocycles. The smallest absolute Gasteiger partial charge is 0.379 e. The van der Waals surface area contributed by atoms with Crippen molar-refractivity contribution in [3.8, 4) is 28.4 Å². The van der Waals surface area contributed by atoms with Crippen LogP contribution in [-0.2, 0) is 6.61 Å². The number of carbonyl (C=O) groups is 1. The molecule has 200 valence electrons. The molecule has 0 unspecified atom stereocenters. The highest BCUT2D eigenvalue weighted by Crippen LogP contribution is 2.43. The Morgan fingerprint density at radius 2 is 1.79 bits per heavy atom. The summed E-state index contributed by atoms with van der Waals surface area (Å²) < 4.78 is 36.6. The lowest BCUT2D eigenvalue weighted by Gasteiger charge is -2.33. The second-order valence-electron chi connectivity index (χ2n) is 10.1. The molecule has 0 saturated carbocycles. The van der Waals surface area contributed by atoms with Gasteiger partial charge in [-0.05, 0) is 80.8 Å². The number of nitrogens with one attached hydrogen (secondary N) is 1. The van der Waals surface area contributed by atoms with Crippen LogP contribution in [0.2, 0.25) is 0 Å². The van der Waals surface area contributed by atoms with Crippen molar-refractivity contribution in [3.05, 3.63) is 101 Å². The summed E-state index contributed by atoms with van der Waals surface area (Å²) in [6.45, 7) is 8.40. The van der Waals surface area contributed by atoms with Crippen molar-refractivity contribution in [2.24, 2.45) is 0 Å². The predicted octanol–water partition coefficient (Wildman–Crippen LogP) is 7.81. The number of benzene rings is 3. The standard InChI is InChI=1S/C32H30FNO5/c1-19-8-9-21(33)15-28(19)38-18-25-23(12-13-26-30(25)20(2)17-32(3,4)34-26)24-11-10-22(16-29(24)36-5)39-31(35)27-7-6-14-37-27/h6-17,34H,18H2,1-5H3. The van der Waals surface area contributed by atoms with Crippen LogP contribution in [-0.4, -0.2) is 18.6 Å². The molecular weight excluding hydrogens is 497 g/mol. The minimum atomic E-state index is -0.599. The Morgan fingerprint density at radius 1 is 1.00 bits per heavy atom. The summed E-state index contributed by atoms with van der Waals surface area (Å²) in [5.41, 5.74) is 6.35. The van der Waals surface area contributed by atoms with Gasteiger partial charge < -0.3 is 23.9 Å². The molecular formula is C32H30FNO5. The lowest BCUT2D eigenvalue weighted by Crippen LogP contribution is -2.32. The maximum Gasteiger partial charge on any atom is 0.379 e. The van der Waals surface area contributed by atoms with E-state index in [0.717, 1.165) is 39.1 Å². The van der Waals surface area contributed by atoms with Crippen LogP contribution in [0.3, 0.4) is 0 Å². The Morgan fingerprint density at radius 3 is 2.54 bits per heavy atom. The second kappa shape index (κ2) is 10.3. The number of rotatable bonds is 7. The van der Waals surface area contributed by atoms with Gasteiger partial charge >= 0.3 is 5.97 Å². The van der Waals surface area contributed by atoms with Crippen molar-refractivity contribution < 1.29 is 27.8 Å². The number of methoxy groups -OCH3 is 1. The first-order valence-electron chi connectivity index (χ1n) is 12.6. The summed E-state index contributed by atoms with van der Waals surface area (Å²) >= 11 is 0. The number of hydrogen-bond donors (Lipinski definition) is 1. The fourth-order valence-electron chi connectivity index (χ4n) is 4.99. The van der Waals surface area contributed by atoms with Crippen LogP contribution < -0.4 is 19.5 Å². The third kappa shape index (κ3) is 5.39. The average Bonchev–Trinajstić information content (AvgIpc) is 3.43. The van der Waals surface area contributed by atoms with Gasteiger partial charge in [-0.1, -0.05) is 18.2 Å². The number of fused-ring (bicyclic) bond motifs is 1. The minimum Gasteiger partial charge on any atom is -0.496 e. The van der Waals surface area contributed by atoms with Gasteiger partial charge in [0.2, 0.25) is 5.76 Å². The first kappa shape index (κ1) is 26.1. The fraction of sp³-hybridized carbons (Fsp3) is 0.219. The largest absolute Gasteiger partial charge is 0.496 e. The molecule has 1 N–H and O–H groups in total. The van der Waals surface area contributed by atoms with Crippen LogP contribution in [0, 0.1) is 12.7 Å². The lowest BCUT2D eigenvalue weighted by molar-refractivity contribution is 0.0701.